The Morgan fingerprint density at radius 3 is 2.14 bits per heavy atom. The number of carbonyl (C=O) groups is 7. The normalized spacial score (nSPS) is 19.4. The lowest BCUT2D eigenvalue weighted by atomic mass is 9.99. The van der Waals surface area contributed by atoms with Gasteiger partial charge in [0.25, 0.3) is 0 Å². The van der Waals surface area contributed by atoms with Gasteiger partial charge < -0.3 is 51.5 Å². The van der Waals surface area contributed by atoms with Crippen LogP contribution in [0.2, 0.25) is 0 Å². The minimum atomic E-state index is -1.57. The van der Waals surface area contributed by atoms with Gasteiger partial charge in [0.2, 0.25) is 35.4 Å². The van der Waals surface area contributed by atoms with Crippen molar-refractivity contribution >= 4 is 41.4 Å². The van der Waals surface area contributed by atoms with Crippen LogP contribution in [0, 0.1) is 11.8 Å². The molecule has 322 valence electrons. The molecule has 0 unspecified atom stereocenters. The van der Waals surface area contributed by atoms with E-state index in [1.54, 1.807) is 45.9 Å². The van der Waals surface area contributed by atoms with Crippen LogP contribution in [0.25, 0.3) is 0 Å². The summed E-state index contributed by atoms with van der Waals surface area (Å²) in [5, 5.41) is 42.1. The summed E-state index contributed by atoms with van der Waals surface area (Å²) in [7, 11) is 1.42. The zero-order valence-corrected chi connectivity index (χ0v) is 34.4. The Kier molecular flexibility index (Phi) is 21.2. The van der Waals surface area contributed by atoms with Crippen LogP contribution in [0.3, 0.4) is 0 Å². The van der Waals surface area contributed by atoms with Crippen molar-refractivity contribution in [3.05, 3.63) is 54.1 Å². The number of phenolic OH excluding ortho intramolecular Hbond substituents is 1. The lowest BCUT2D eigenvalue weighted by Gasteiger charge is -2.32. The molecule has 1 aromatic carbocycles. The molecule has 0 saturated heterocycles. The molecule has 1 aliphatic heterocycles. The van der Waals surface area contributed by atoms with E-state index >= 15 is 0 Å². The average molecular weight is 815 g/mol. The fourth-order valence-electron chi connectivity index (χ4n) is 5.91. The van der Waals surface area contributed by atoms with Gasteiger partial charge in [-0.1, -0.05) is 84.2 Å². The Morgan fingerprint density at radius 2 is 1.53 bits per heavy atom. The number of aliphatic hydroxyl groups excluding tert-OH is 2. The van der Waals surface area contributed by atoms with E-state index in [0.717, 1.165) is 38.2 Å². The highest BCUT2D eigenvalue weighted by molar-refractivity contribution is 5.96. The number of aromatic hydroxyl groups is 1. The van der Waals surface area contributed by atoms with Crippen LogP contribution >= 0.6 is 0 Å². The molecule has 8 N–H and O–H groups in total. The van der Waals surface area contributed by atoms with Gasteiger partial charge in [-0.2, -0.15) is 0 Å². The molecule has 2 rings (SSSR count). The lowest BCUT2D eigenvalue weighted by Crippen LogP contribution is -2.60. The first-order valence-corrected chi connectivity index (χ1v) is 19.8. The van der Waals surface area contributed by atoms with Crippen LogP contribution < -0.4 is 26.6 Å². The summed E-state index contributed by atoms with van der Waals surface area (Å²) in [5.74, 6) is -6.04. The minimum Gasteiger partial charge on any atom is -0.508 e. The van der Waals surface area contributed by atoms with Gasteiger partial charge in [0.1, 0.15) is 42.6 Å². The Hall–Kier alpha value is -5.29. The number of phenols is 1. The first kappa shape index (κ1) is 48.9. The third-order valence-corrected chi connectivity index (χ3v) is 9.49. The molecule has 1 aliphatic rings. The minimum absolute atomic E-state index is 0.0119. The van der Waals surface area contributed by atoms with E-state index in [-0.39, 0.29) is 24.5 Å². The molecule has 1 aromatic rings. The number of carbonyl (C=O) groups excluding carboxylic acids is 7. The molecule has 0 aliphatic carbocycles. The number of likely N-dealkylation sites (N-methyl/N-ethyl adjacent to an activating group) is 1. The molecule has 1 heterocycles. The largest absolute Gasteiger partial charge is 0.508 e. The van der Waals surface area contributed by atoms with Crippen molar-refractivity contribution in [3.63, 3.8) is 0 Å². The van der Waals surface area contributed by atoms with Gasteiger partial charge >= 0.3 is 5.97 Å². The molecular weight excluding hydrogens is 752 g/mol. The van der Waals surface area contributed by atoms with Crippen LogP contribution in [0.4, 0.5) is 0 Å². The number of allylic oxidation sites excluding steroid dienone is 1. The maximum atomic E-state index is 13.7. The summed E-state index contributed by atoms with van der Waals surface area (Å²) < 4.78 is 5.61. The maximum Gasteiger partial charge on any atom is 0.329 e. The number of nitrogens with zero attached hydrogens (tertiary/aromatic N) is 1. The topological polar surface area (TPSA) is 253 Å². The van der Waals surface area contributed by atoms with E-state index in [1.807, 2.05) is 6.08 Å². The Morgan fingerprint density at radius 1 is 0.897 bits per heavy atom. The van der Waals surface area contributed by atoms with E-state index in [4.69, 9.17) is 4.74 Å². The fourth-order valence-corrected chi connectivity index (χ4v) is 5.91. The van der Waals surface area contributed by atoms with Crippen molar-refractivity contribution in [2.24, 2.45) is 11.8 Å². The van der Waals surface area contributed by atoms with Crippen LogP contribution in [0.15, 0.2) is 48.6 Å². The van der Waals surface area contributed by atoms with Crippen molar-refractivity contribution in [1.29, 1.82) is 0 Å². The fraction of sp³-hybridized carbons (Fsp3) is 0.585. The second kappa shape index (κ2) is 25.2. The number of hydrogen-bond donors (Lipinski definition) is 8. The van der Waals surface area contributed by atoms with Crippen molar-refractivity contribution < 1.29 is 53.6 Å². The molecule has 17 nitrogen and oxygen atoms in total. The van der Waals surface area contributed by atoms with Crippen molar-refractivity contribution in [3.8, 4) is 5.75 Å². The molecule has 0 fully saturated rings. The zero-order chi connectivity index (χ0) is 43.4. The van der Waals surface area contributed by atoms with Gasteiger partial charge in [-0.3, -0.25) is 28.8 Å². The van der Waals surface area contributed by atoms with E-state index in [9.17, 15) is 48.9 Å². The van der Waals surface area contributed by atoms with E-state index < -0.39 is 103 Å². The molecule has 0 spiro atoms. The lowest BCUT2D eigenvalue weighted by molar-refractivity contribution is -0.156. The van der Waals surface area contributed by atoms with Crippen LogP contribution in [-0.4, -0.2) is 125 Å². The number of ether oxygens (including phenoxy) is 1. The molecule has 0 radical (unpaired) electrons. The maximum absolute atomic E-state index is 13.7. The van der Waals surface area contributed by atoms with Crippen LogP contribution in [0.1, 0.15) is 78.7 Å². The molecule has 6 amide bonds. The summed E-state index contributed by atoms with van der Waals surface area (Å²) in [6.07, 6.45) is 11.0. The standard InChI is InChI=1S/C41H62N6O11/c1-7-8-9-10-11-12-13-14-33(51)43-30(22-48)37(53)44-31(23-49)38(54)46-35(25(2)3)39(55)42-28-17-20-34(52)45-36(26(4)5)40(56)47(6)32(41(57)58-24-28)21-27-15-18-29(50)19-16-27/h12-13,15-20,25-26,28,30-32,35-36,48-50H,7-11,14,21-24H2,1-6H3,(H,42,55)(H,43,51)(H,44,53)(H,45,52)(H,46,54)/b13-12-,20-17?/t28-,30+,31+,32+,35+,36+/m1/s1. The smallest absolute Gasteiger partial charge is 0.329 e. The molecule has 17 heteroatoms. The summed E-state index contributed by atoms with van der Waals surface area (Å²) in [6, 6.07) is -1.43. The molecule has 0 bridgehead atoms. The molecule has 0 aromatic heterocycles. The van der Waals surface area contributed by atoms with E-state index in [1.165, 1.54) is 30.2 Å². The number of aliphatic hydroxyl groups is 2. The monoisotopic (exact) mass is 814 g/mol. The molecule has 0 saturated carbocycles. The third-order valence-electron chi connectivity index (χ3n) is 9.49. The first-order chi connectivity index (χ1) is 27.5. The van der Waals surface area contributed by atoms with Gasteiger partial charge in [-0.15, -0.1) is 0 Å². The molecule has 58 heavy (non-hydrogen) atoms. The van der Waals surface area contributed by atoms with Gasteiger partial charge in [-0.05, 0) is 42.4 Å². The Balaban J connectivity index is 2.18. The number of nitrogens with one attached hydrogen (secondary N) is 5. The highest BCUT2D eigenvalue weighted by Crippen LogP contribution is 2.17. The Labute approximate surface area is 340 Å². The van der Waals surface area contributed by atoms with Crippen LogP contribution in [0.5, 0.6) is 5.75 Å². The number of unbranched alkanes of at least 4 members (excludes halogenated alkanes) is 4. The molecular formula is C41H62N6O11. The van der Waals surface area contributed by atoms with Crippen LogP contribution in [-0.2, 0) is 44.7 Å². The van der Waals surface area contributed by atoms with E-state index in [0.29, 0.717) is 5.56 Å². The highest BCUT2D eigenvalue weighted by Gasteiger charge is 2.36. The molecule has 6 atom stereocenters. The number of esters is 1. The van der Waals surface area contributed by atoms with Gasteiger partial charge in [0.05, 0.1) is 19.3 Å². The number of benzene rings is 1. The number of amides is 6. The average Bonchev–Trinajstić information content (AvgIpc) is 3.18. The third kappa shape index (κ3) is 16.3. The van der Waals surface area contributed by atoms with Crippen molar-refractivity contribution in [2.75, 3.05) is 26.9 Å². The van der Waals surface area contributed by atoms with Gasteiger partial charge in [0, 0.05) is 26.0 Å². The van der Waals surface area contributed by atoms with Crippen molar-refractivity contribution in [2.45, 2.75) is 116 Å². The predicted molar refractivity (Wildman–Crippen MR) is 214 cm³/mol. The second-order valence-corrected chi connectivity index (χ2v) is 15.0. The summed E-state index contributed by atoms with van der Waals surface area (Å²) >= 11 is 0. The second-order valence-electron chi connectivity index (χ2n) is 15.0. The van der Waals surface area contributed by atoms with Gasteiger partial charge in [-0.25, -0.2) is 4.79 Å². The van der Waals surface area contributed by atoms with Gasteiger partial charge in [0.15, 0.2) is 0 Å². The summed E-state index contributed by atoms with van der Waals surface area (Å²) in [4.78, 5) is 93.7. The number of cyclic esters (lactones) is 1. The van der Waals surface area contributed by atoms with Crippen molar-refractivity contribution in [1.82, 2.24) is 31.5 Å². The number of hydrogen-bond acceptors (Lipinski definition) is 11. The highest BCUT2D eigenvalue weighted by atomic mass is 16.5. The summed E-state index contributed by atoms with van der Waals surface area (Å²) in [5.41, 5.74) is 0.613. The zero-order valence-electron chi connectivity index (χ0n) is 34.4. The quantitative estimate of drug-likeness (QED) is 0.0512. The summed E-state index contributed by atoms with van der Waals surface area (Å²) in [6.45, 7) is 6.71. The predicted octanol–water partition coefficient (Wildman–Crippen LogP) is 0.512. The Bertz CT molecular complexity index is 1600. The SMILES string of the molecule is CCCCCC/C=C\CC(=O)N[C@@H](CO)C(=O)N[C@@H](CO)C(=O)N[C@H](C(=O)N[C@@H]1C=CC(=O)N[C@@H](C(C)C)C(=O)N(C)[C@@H](Cc2ccc(O)cc2)C(=O)OC1)C(C)C. The van der Waals surface area contributed by atoms with E-state index in [2.05, 4.69) is 33.5 Å². The number of rotatable bonds is 20. The first-order valence-electron chi connectivity index (χ1n) is 19.8.